The van der Waals surface area contributed by atoms with Gasteiger partial charge in [0, 0.05) is 13.0 Å². The van der Waals surface area contributed by atoms with Crippen LogP contribution in [-0.2, 0) is 11.3 Å². The number of aromatic nitrogens is 2. The molecule has 7 nitrogen and oxygen atoms in total. The van der Waals surface area contributed by atoms with Crippen molar-refractivity contribution in [3.63, 3.8) is 0 Å². The quantitative estimate of drug-likeness (QED) is 0.632. The number of benzene rings is 1. The van der Waals surface area contributed by atoms with Gasteiger partial charge in [-0.25, -0.2) is 4.68 Å². The standard InChI is InChI=1S/C15H20N4O3.ClH/c16-8-3-4-9-17-13(20)7-10-19-15(22)12-6-2-1-5-11(12)14(21)18-19;/h1-2,5-6H,3-4,7-10,16H2,(H,17,20)(H,18,21);1H. The maximum absolute atomic E-state index is 12.2. The number of hydrogen-bond donors (Lipinski definition) is 3. The fraction of sp³-hybridized carbons (Fsp3) is 0.400. The molecule has 0 fully saturated rings. The molecule has 2 rings (SSSR count). The molecule has 1 amide bonds. The number of aryl methyl sites for hydroxylation is 1. The first-order chi connectivity index (χ1) is 10.6. The SMILES string of the molecule is Cl.NCCCCNC(=O)CCn1[nH]c(=O)c2ccccc2c1=O. The summed E-state index contributed by atoms with van der Waals surface area (Å²) in [6.07, 6.45) is 1.82. The Hall–Kier alpha value is -2.12. The number of hydrogen-bond acceptors (Lipinski definition) is 4. The summed E-state index contributed by atoms with van der Waals surface area (Å²) in [6.45, 7) is 1.31. The number of H-pyrrole nitrogens is 1. The molecule has 23 heavy (non-hydrogen) atoms. The zero-order valence-electron chi connectivity index (χ0n) is 12.7. The van der Waals surface area contributed by atoms with Crippen LogP contribution in [0.25, 0.3) is 10.8 Å². The molecule has 1 aromatic carbocycles. The van der Waals surface area contributed by atoms with E-state index >= 15 is 0 Å². The Morgan fingerprint density at radius 2 is 1.87 bits per heavy atom. The summed E-state index contributed by atoms with van der Waals surface area (Å²) < 4.78 is 1.18. The van der Waals surface area contributed by atoms with E-state index < -0.39 is 0 Å². The summed E-state index contributed by atoms with van der Waals surface area (Å²) in [5.74, 6) is -0.155. The van der Waals surface area contributed by atoms with Gasteiger partial charge in [0.1, 0.15) is 0 Å². The number of unbranched alkanes of at least 4 members (excludes halogenated alkanes) is 1. The number of halogens is 1. The highest BCUT2D eigenvalue weighted by Gasteiger charge is 2.08. The third-order valence-electron chi connectivity index (χ3n) is 3.40. The number of carbonyl (C=O) groups excluding carboxylic acids is 1. The highest BCUT2D eigenvalue weighted by atomic mass is 35.5. The molecule has 4 N–H and O–H groups in total. The maximum atomic E-state index is 12.2. The van der Waals surface area contributed by atoms with Crippen LogP contribution in [0, 0.1) is 0 Å². The van der Waals surface area contributed by atoms with Crippen LogP contribution in [0.1, 0.15) is 19.3 Å². The normalized spacial score (nSPS) is 10.3. The molecule has 0 aliphatic carbocycles. The van der Waals surface area contributed by atoms with Gasteiger partial charge < -0.3 is 11.1 Å². The molecule has 0 radical (unpaired) electrons. The maximum Gasteiger partial charge on any atom is 0.273 e. The van der Waals surface area contributed by atoms with Gasteiger partial charge in [0.05, 0.1) is 17.3 Å². The molecule has 0 spiro atoms. The van der Waals surface area contributed by atoms with Gasteiger partial charge in [-0.3, -0.25) is 19.5 Å². The molecule has 0 saturated carbocycles. The molecule has 0 unspecified atom stereocenters. The number of aromatic amines is 1. The molecule has 1 heterocycles. The third-order valence-corrected chi connectivity index (χ3v) is 3.40. The van der Waals surface area contributed by atoms with Gasteiger partial charge in [-0.15, -0.1) is 12.4 Å². The topological polar surface area (TPSA) is 110 Å². The largest absolute Gasteiger partial charge is 0.356 e. The van der Waals surface area contributed by atoms with E-state index in [1.807, 2.05) is 0 Å². The Morgan fingerprint density at radius 3 is 2.57 bits per heavy atom. The highest BCUT2D eigenvalue weighted by Crippen LogP contribution is 2.02. The van der Waals surface area contributed by atoms with Crippen molar-refractivity contribution < 1.29 is 4.79 Å². The summed E-state index contributed by atoms with van der Waals surface area (Å²) >= 11 is 0. The van der Waals surface area contributed by atoms with Gasteiger partial charge in [0.2, 0.25) is 5.91 Å². The van der Waals surface area contributed by atoms with Crippen molar-refractivity contribution in [3.05, 3.63) is 45.0 Å². The fourth-order valence-electron chi connectivity index (χ4n) is 2.20. The zero-order chi connectivity index (χ0) is 15.9. The van der Waals surface area contributed by atoms with Crippen molar-refractivity contribution in [2.24, 2.45) is 5.73 Å². The van der Waals surface area contributed by atoms with Gasteiger partial charge in [-0.2, -0.15) is 0 Å². The molecule has 126 valence electrons. The summed E-state index contributed by atoms with van der Waals surface area (Å²) in [5, 5.41) is 5.97. The van der Waals surface area contributed by atoms with Crippen LogP contribution in [-0.4, -0.2) is 28.8 Å². The Balaban J connectivity index is 0.00000264. The molecule has 8 heteroatoms. The Kier molecular flexibility index (Phi) is 7.50. The summed E-state index contributed by atoms with van der Waals surface area (Å²) in [7, 11) is 0. The fourth-order valence-corrected chi connectivity index (χ4v) is 2.20. The number of amides is 1. The molecule has 0 aliphatic heterocycles. The number of rotatable bonds is 7. The highest BCUT2D eigenvalue weighted by molar-refractivity contribution is 5.85. The van der Waals surface area contributed by atoms with Crippen molar-refractivity contribution in [2.75, 3.05) is 13.1 Å². The average Bonchev–Trinajstić information content (AvgIpc) is 2.54. The first-order valence-corrected chi connectivity index (χ1v) is 7.32. The second kappa shape index (κ2) is 9.12. The van der Waals surface area contributed by atoms with Crippen molar-refractivity contribution in [3.8, 4) is 0 Å². The first kappa shape index (κ1) is 18.9. The number of nitrogens with two attached hydrogens (primary N) is 1. The average molecular weight is 341 g/mol. The van der Waals surface area contributed by atoms with E-state index in [9.17, 15) is 14.4 Å². The van der Waals surface area contributed by atoms with Gasteiger partial charge in [-0.1, -0.05) is 12.1 Å². The van der Waals surface area contributed by atoms with E-state index in [-0.39, 0.29) is 42.4 Å². The summed E-state index contributed by atoms with van der Waals surface area (Å²) in [6, 6.07) is 6.62. The lowest BCUT2D eigenvalue weighted by molar-refractivity contribution is -0.121. The number of carbonyl (C=O) groups is 1. The number of nitrogens with one attached hydrogen (secondary N) is 2. The van der Waals surface area contributed by atoms with Crippen LogP contribution in [0.15, 0.2) is 33.9 Å². The van der Waals surface area contributed by atoms with E-state index in [4.69, 9.17) is 5.73 Å². The van der Waals surface area contributed by atoms with Crippen LogP contribution >= 0.6 is 12.4 Å². The van der Waals surface area contributed by atoms with Crippen LogP contribution in [0.5, 0.6) is 0 Å². The van der Waals surface area contributed by atoms with Crippen LogP contribution in [0.3, 0.4) is 0 Å². The smallest absolute Gasteiger partial charge is 0.273 e. The molecule has 1 aromatic heterocycles. The Morgan fingerprint density at radius 1 is 1.17 bits per heavy atom. The number of nitrogens with zero attached hydrogens (tertiary/aromatic N) is 1. The van der Waals surface area contributed by atoms with Gasteiger partial charge in [0.25, 0.3) is 11.1 Å². The van der Waals surface area contributed by atoms with Crippen molar-refractivity contribution in [1.29, 1.82) is 0 Å². The Bertz CT molecular complexity index is 769. The lowest BCUT2D eigenvalue weighted by atomic mass is 10.2. The van der Waals surface area contributed by atoms with E-state index in [1.54, 1.807) is 24.3 Å². The Labute approximate surface area is 139 Å². The van der Waals surface area contributed by atoms with E-state index in [0.29, 0.717) is 23.9 Å². The van der Waals surface area contributed by atoms with Crippen LogP contribution in [0.2, 0.25) is 0 Å². The lowest BCUT2D eigenvalue weighted by Gasteiger charge is -2.08. The van der Waals surface area contributed by atoms with Crippen molar-refractivity contribution in [2.45, 2.75) is 25.8 Å². The lowest BCUT2D eigenvalue weighted by Crippen LogP contribution is -2.32. The van der Waals surface area contributed by atoms with Crippen molar-refractivity contribution >= 4 is 29.1 Å². The van der Waals surface area contributed by atoms with Gasteiger partial charge in [0.15, 0.2) is 0 Å². The minimum absolute atomic E-state index is 0. The zero-order valence-corrected chi connectivity index (χ0v) is 13.5. The predicted molar refractivity (Wildman–Crippen MR) is 92.0 cm³/mol. The monoisotopic (exact) mass is 340 g/mol. The van der Waals surface area contributed by atoms with Crippen molar-refractivity contribution in [1.82, 2.24) is 15.1 Å². The van der Waals surface area contributed by atoms with Crippen LogP contribution in [0.4, 0.5) is 0 Å². The van der Waals surface area contributed by atoms with Crippen LogP contribution < -0.4 is 22.2 Å². The molecule has 0 aliphatic rings. The minimum atomic E-state index is -0.335. The molecular formula is C15H21ClN4O3. The van der Waals surface area contributed by atoms with E-state index in [1.165, 1.54) is 4.68 Å². The summed E-state index contributed by atoms with van der Waals surface area (Å²) in [5.41, 5.74) is 4.74. The van der Waals surface area contributed by atoms with Gasteiger partial charge in [-0.05, 0) is 31.5 Å². The first-order valence-electron chi connectivity index (χ1n) is 7.32. The second-order valence-electron chi connectivity index (χ2n) is 5.04. The minimum Gasteiger partial charge on any atom is -0.356 e. The molecule has 2 aromatic rings. The van der Waals surface area contributed by atoms with E-state index in [0.717, 1.165) is 12.8 Å². The molecule has 0 saturated heterocycles. The van der Waals surface area contributed by atoms with E-state index in [2.05, 4.69) is 10.4 Å². The number of fused-ring (bicyclic) bond motifs is 1. The molecule has 0 bridgehead atoms. The summed E-state index contributed by atoms with van der Waals surface area (Å²) in [4.78, 5) is 35.8. The molecular weight excluding hydrogens is 320 g/mol. The predicted octanol–water partition coefficient (Wildman–Crippen LogP) is 0.357. The molecule has 0 atom stereocenters. The van der Waals surface area contributed by atoms with Gasteiger partial charge >= 0.3 is 0 Å². The third kappa shape index (κ3) is 4.94. The second-order valence-corrected chi connectivity index (χ2v) is 5.04.